The van der Waals surface area contributed by atoms with Gasteiger partial charge in [0.2, 0.25) is 5.91 Å². The monoisotopic (exact) mass is 325 g/mol. The van der Waals surface area contributed by atoms with Crippen LogP contribution in [0.4, 0.5) is 0 Å². The standard InChI is InChI=1S/C15H16ClNO3S/c16-12-5-3-11(4-6-12)9-21-10-15(19)17-13(8-18)14-2-1-7-20-14/h1-7,13,18H,8-10H2,(H,17,19). The lowest BCUT2D eigenvalue weighted by molar-refractivity contribution is -0.119. The molecule has 0 aliphatic carbocycles. The molecular weight excluding hydrogens is 310 g/mol. The van der Waals surface area contributed by atoms with Crippen LogP contribution >= 0.6 is 23.4 Å². The third kappa shape index (κ3) is 5.12. The molecule has 2 aromatic rings. The first kappa shape index (κ1) is 15.9. The molecule has 0 aliphatic rings. The number of carbonyl (C=O) groups excluding carboxylic acids is 1. The molecule has 6 heteroatoms. The molecule has 4 nitrogen and oxygen atoms in total. The van der Waals surface area contributed by atoms with Crippen molar-refractivity contribution in [3.05, 3.63) is 59.0 Å². The molecule has 1 aromatic heterocycles. The molecule has 0 fully saturated rings. The molecule has 0 radical (unpaired) electrons. The number of hydrogen-bond donors (Lipinski definition) is 2. The van der Waals surface area contributed by atoms with Crippen LogP contribution in [0.1, 0.15) is 17.4 Å². The Labute approximate surface area is 132 Å². The molecule has 0 saturated carbocycles. The van der Waals surface area contributed by atoms with E-state index in [1.807, 2.05) is 24.3 Å². The van der Waals surface area contributed by atoms with Gasteiger partial charge in [-0.3, -0.25) is 4.79 Å². The lowest BCUT2D eigenvalue weighted by atomic mass is 10.2. The minimum absolute atomic E-state index is 0.135. The van der Waals surface area contributed by atoms with Crippen LogP contribution in [0.25, 0.3) is 0 Å². The third-order valence-electron chi connectivity index (χ3n) is 2.82. The molecule has 0 bridgehead atoms. The fraction of sp³-hybridized carbons (Fsp3) is 0.267. The SMILES string of the molecule is O=C(CSCc1ccc(Cl)cc1)NC(CO)c1ccco1. The second-order valence-electron chi connectivity index (χ2n) is 4.44. The van der Waals surface area contributed by atoms with Crippen molar-refractivity contribution in [3.63, 3.8) is 0 Å². The van der Waals surface area contributed by atoms with Crippen LogP contribution < -0.4 is 5.32 Å². The molecule has 1 unspecified atom stereocenters. The van der Waals surface area contributed by atoms with Gasteiger partial charge in [0.15, 0.2) is 0 Å². The van der Waals surface area contributed by atoms with Gasteiger partial charge in [0, 0.05) is 10.8 Å². The van der Waals surface area contributed by atoms with E-state index in [0.29, 0.717) is 16.5 Å². The van der Waals surface area contributed by atoms with Gasteiger partial charge in [-0.25, -0.2) is 0 Å². The Balaban J connectivity index is 1.75. The van der Waals surface area contributed by atoms with E-state index in [0.717, 1.165) is 11.3 Å². The molecule has 1 aromatic carbocycles. The van der Waals surface area contributed by atoms with Gasteiger partial charge in [-0.05, 0) is 29.8 Å². The molecule has 2 N–H and O–H groups in total. The van der Waals surface area contributed by atoms with Crippen molar-refractivity contribution >= 4 is 29.3 Å². The first-order chi connectivity index (χ1) is 10.2. The van der Waals surface area contributed by atoms with Crippen molar-refractivity contribution in [1.82, 2.24) is 5.32 Å². The summed E-state index contributed by atoms with van der Waals surface area (Å²) >= 11 is 7.32. The van der Waals surface area contributed by atoms with Gasteiger partial charge in [0.25, 0.3) is 0 Å². The molecule has 0 spiro atoms. The number of thioether (sulfide) groups is 1. The van der Waals surface area contributed by atoms with Crippen molar-refractivity contribution in [2.24, 2.45) is 0 Å². The van der Waals surface area contributed by atoms with E-state index in [1.54, 1.807) is 12.1 Å². The summed E-state index contributed by atoms with van der Waals surface area (Å²) in [5, 5.41) is 12.7. The van der Waals surface area contributed by atoms with E-state index in [1.165, 1.54) is 18.0 Å². The Morgan fingerprint density at radius 2 is 2.10 bits per heavy atom. The molecule has 112 valence electrons. The van der Waals surface area contributed by atoms with Gasteiger partial charge in [-0.15, -0.1) is 11.8 Å². The number of nitrogens with one attached hydrogen (secondary N) is 1. The first-order valence-corrected chi connectivity index (χ1v) is 7.98. The number of rotatable bonds is 7. The summed E-state index contributed by atoms with van der Waals surface area (Å²) in [6, 6.07) is 10.5. The lowest BCUT2D eigenvalue weighted by Crippen LogP contribution is -2.31. The zero-order valence-corrected chi connectivity index (χ0v) is 12.9. The smallest absolute Gasteiger partial charge is 0.230 e. The molecular formula is C15H16ClNO3S. The van der Waals surface area contributed by atoms with Crippen LogP contribution in [-0.2, 0) is 10.5 Å². The van der Waals surface area contributed by atoms with Gasteiger partial charge in [-0.1, -0.05) is 23.7 Å². The highest BCUT2D eigenvalue weighted by molar-refractivity contribution is 7.99. The van der Waals surface area contributed by atoms with Crippen molar-refractivity contribution in [2.45, 2.75) is 11.8 Å². The van der Waals surface area contributed by atoms with Crippen LogP contribution in [0.5, 0.6) is 0 Å². The number of carbonyl (C=O) groups is 1. The summed E-state index contributed by atoms with van der Waals surface area (Å²) in [5.41, 5.74) is 1.11. The van der Waals surface area contributed by atoms with E-state index in [-0.39, 0.29) is 12.5 Å². The number of halogens is 1. The van der Waals surface area contributed by atoms with Crippen LogP contribution in [0, 0.1) is 0 Å². The summed E-state index contributed by atoms with van der Waals surface area (Å²) in [4.78, 5) is 11.8. The topological polar surface area (TPSA) is 62.5 Å². The maximum Gasteiger partial charge on any atom is 0.230 e. The normalized spacial score (nSPS) is 12.1. The van der Waals surface area contributed by atoms with Gasteiger partial charge in [-0.2, -0.15) is 0 Å². The highest BCUT2D eigenvalue weighted by Crippen LogP contribution is 2.16. The third-order valence-corrected chi connectivity index (χ3v) is 4.08. The lowest BCUT2D eigenvalue weighted by Gasteiger charge is -2.13. The molecule has 21 heavy (non-hydrogen) atoms. The highest BCUT2D eigenvalue weighted by atomic mass is 35.5. The van der Waals surface area contributed by atoms with Gasteiger partial charge >= 0.3 is 0 Å². The van der Waals surface area contributed by atoms with Crippen LogP contribution in [0.3, 0.4) is 0 Å². The molecule has 0 aliphatic heterocycles. The summed E-state index contributed by atoms with van der Waals surface area (Å²) in [6.07, 6.45) is 1.51. The van der Waals surface area contributed by atoms with E-state index in [2.05, 4.69) is 5.32 Å². The molecule has 2 rings (SSSR count). The summed E-state index contributed by atoms with van der Waals surface area (Å²) in [7, 11) is 0. The largest absolute Gasteiger partial charge is 0.467 e. The predicted molar refractivity (Wildman–Crippen MR) is 84.3 cm³/mol. The van der Waals surface area contributed by atoms with E-state index < -0.39 is 6.04 Å². The summed E-state index contributed by atoms with van der Waals surface area (Å²) in [6.45, 7) is -0.193. The van der Waals surface area contributed by atoms with Gasteiger partial charge < -0.3 is 14.8 Å². The number of aliphatic hydroxyl groups excluding tert-OH is 1. The number of furan rings is 1. The molecule has 1 amide bonds. The average molecular weight is 326 g/mol. The minimum Gasteiger partial charge on any atom is -0.467 e. The van der Waals surface area contributed by atoms with Crippen LogP contribution in [0.15, 0.2) is 47.1 Å². The number of aliphatic hydroxyl groups is 1. The number of amides is 1. The Hall–Kier alpha value is -1.43. The maximum atomic E-state index is 11.8. The fourth-order valence-corrected chi connectivity index (χ4v) is 2.70. The summed E-state index contributed by atoms with van der Waals surface area (Å²) in [5.74, 6) is 1.47. The van der Waals surface area contributed by atoms with Crippen molar-refractivity contribution in [3.8, 4) is 0 Å². The maximum absolute atomic E-state index is 11.8. The van der Waals surface area contributed by atoms with Crippen LogP contribution in [0.2, 0.25) is 5.02 Å². The molecule has 0 saturated heterocycles. The molecule has 1 heterocycles. The summed E-state index contributed by atoms with van der Waals surface area (Å²) < 4.78 is 5.18. The second kappa shape index (κ2) is 8.12. The quantitative estimate of drug-likeness (QED) is 0.821. The van der Waals surface area contributed by atoms with Crippen LogP contribution in [-0.4, -0.2) is 23.4 Å². The second-order valence-corrected chi connectivity index (χ2v) is 5.86. The molecule has 1 atom stereocenters. The van der Waals surface area contributed by atoms with Gasteiger partial charge in [0.1, 0.15) is 11.8 Å². The van der Waals surface area contributed by atoms with Gasteiger partial charge in [0.05, 0.1) is 18.6 Å². The average Bonchev–Trinajstić information content (AvgIpc) is 3.01. The highest BCUT2D eigenvalue weighted by Gasteiger charge is 2.15. The predicted octanol–water partition coefficient (Wildman–Crippen LogP) is 3.02. The van der Waals surface area contributed by atoms with Crippen molar-refractivity contribution in [2.75, 3.05) is 12.4 Å². The Kier molecular flexibility index (Phi) is 6.17. The van der Waals surface area contributed by atoms with E-state index in [4.69, 9.17) is 16.0 Å². The first-order valence-electron chi connectivity index (χ1n) is 6.45. The number of benzene rings is 1. The Morgan fingerprint density at radius 3 is 2.71 bits per heavy atom. The fourth-order valence-electron chi connectivity index (χ4n) is 1.77. The van der Waals surface area contributed by atoms with Crippen molar-refractivity contribution < 1.29 is 14.3 Å². The van der Waals surface area contributed by atoms with E-state index in [9.17, 15) is 9.90 Å². The zero-order chi connectivity index (χ0) is 15.1. The minimum atomic E-state index is -0.497. The van der Waals surface area contributed by atoms with Crippen molar-refractivity contribution in [1.29, 1.82) is 0 Å². The Bertz CT molecular complexity index is 557. The Morgan fingerprint density at radius 1 is 1.33 bits per heavy atom. The number of hydrogen-bond acceptors (Lipinski definition) is 4. The zero-order valence-electron chi connectivity index (χ0n) is 11.3. The van der Waals surface area contributed by atoms with E-state index >= 15 is 0 Å².